The topological polar surface area (TPSA) is 113 Å². The third-order valence-electron chi connectivity index (χ3n) is 2.26. The van der Waals surface area contributed by atoms with E-state index in [9.17, 15) is 18.0 Å². The molecule has 110 valence electrons. The first-order valence-electron chi connectivity index (χ1n) is 5.51. The maximum Gasteiger partial charge on any atom is 0.335 e. The fourth-order valence-electron chi connectivity index (χ4n) is 1.34. The van der Waals surface area contributed by atoms with Gasteiger partial charge in [0.1, 0.15) is 4.90 Å². The first-order chi connectivity index (χ1) is 9.24. The number of nitrogens with one attached hydrogen (secondary N) is 2. The van der Waals surface area contributed by atoms with Crippen molar-refractivity contribution in [2.24, 2.45) is 0 Å². The van der Waals surface area contributed by atoms with Crippen LogP contribution in [0.4, 0.5) is 0 Å². The van der Waals surface area contributed by atoms with E-state index < -0.39 is 16.0 Å². The predicted octanol–water partition coefficient (Wildman–Crippen LogP) is 0.453. The zero-order chi connectivity index (χ0) is 15.3. The van der Waals surface area contributed by atoms with Crippen molar-refractivity contribution in [2.75, 3.05) is 13.1 Å². The Bertz CT molecular complexity index is 630. The van der Waals surface area contributed by atoms with Crippen LogP contribution in [0.2, 0.25) is 5.02 Å². The van der Waals surface area contributed by atoms with E-state index in [1.807, 2.05) is 0 Å². The van der Waals surface area contributed by atoms with Crippen molar-refractivity contribution < 1.29 is 23.1 Å². The summed E-state index contributed by atoms with van der Waals surface area (Å²) in [7, 11) is -3.94. The molecule has 0 aromatic heterocycles. The Morgan fingerprint density at radius 2 is 1.95 bits per heavy atom. The molecule has 1 aromatic rings. The van der Waals surface area contributed by atoms with Crippen LogP contribution in [0.3, 0.4) is 0 Å². The first-order valence-corrected chi connectivity index (χ1v) is 7.37. The lowest BCUT2D eigenvalue weighted by Crippen LogP contribution is -2.33. The largest absolute Gasteiger partial charge is 0.478 e. The van der Waals surface area contributed by atoms with E-state index in [0.717, 1.165) is 6.07 Å². The average molecular weight is 321 g/mol. The van der Waals surface area contributed by atoms with Gasteiger partial charge in [0.2, 0.25) is 15.9 Å². The number of rotatable bonds is 6. The van der Waals surface area contributed by atoms with Crippen molar-refractivity contribution in [1.82, 2.24) is 10.0 Å². The summed E-state index contributed by atoms with van der Waals surface area (Å²) in [5.41, 5.74) is -0.184. The number of sulfonamides is 1. The molecule has 1 amide bonds. The summed E-state index contributed by atoms with van der Waals surface area (Å²) < 4.78 is 26.2. The molecule has 1 rings (SSSR count). The summed E-state index contributed by atoms with van der Waals surface area (Å²) >= 11 is 5.77. The summed E-state index contributed by atoms with van der Waals surface area (Å²) in [6.07, 6.45) is 0. The number of aromatic carboxylic acids is 1. The lowest BCUT2D eigenvalue weighted by molar-refractivity contribution is -0.118. The highest BCUT2D eigenvalue weighted by Crippen LogP contribution is 2.22. The van der Waals surface area contributed by atoms with Crippen LogP contribution in [0.15, 0.2) is 23.1 Å². The van der Waals surface area contributed by atoms with Crippen molar-refractivity contribution in [3.05, 3.63) is 28.8 Å². The van der Waals surface area contributed by atoms with Crippen molar-refractivity contribution in [3.63, 3.8) is 0 Å². The van der Waals surface area contributed by atoms with Crippen LogP contribution in [0, 0.1) is 0 Å². The van der Waals surface area contributed by atoms with Gasteiger partial charge < -0.3 is 10.4 Å². The third kappa shape index (κ3) is 4.48. The molecule has 0 unspecified atom stereocenters. The normalized spacial score (nSPS) is 11.1. The molecular weight excluding hydrogens is 308 g/mol. The van der Waals surface area contributed by atoms with Crippen LogP contribution in [-0.2, 0) is 14.8 Å². The summed E-state index contributed by atoms with van der Waals surface area (Å²) in [5.74, 6) is -1.54. The minimum absolute atomic E-state index is 0.0322. The highest BCUT2D eigenvalue weighted by atomic mass is 35.5. The van der Waals surface area contributed by atoms with E-state index in [1.165, 1.54) is 19.1 Å². The number of carbonyl (C=O) groups is 2. The highest BCUT2D eigenvalue weighted by Gasteiger charge is 2.19. The quantitative estimate of drug-likeness (QED) is 0.659. The van der Waals surface area contributed by atoms with Crippen LogP contribution < -0.4 is 10.0 Å². The van der Waals surface area contributed by atoms with Gasteiger partial charge >= 0.3 is 5.97 Å². The molecule has 1 aromatic carbocycles. The second-order valence-electron chi connectivity index (χ2n) is 3.83. The van der Waals surface area contributed by atoms with Crippen LogP contribution in [0.25, 0.3) is 0 Å². The predicted molar refractivity (Wildman–Crippen MR) is 72.3 cm³/mol. The zero-order valence-electron chi connectivity index (χ0n) is 10.5. The van der Waals surface area contributed by atoms with E-state index in [2.05, 4.69) is 10.0 Å². The fourth-order valence-corrected chi connectivity index (χ4v) is 2.90. The second-order valence-corrected chi connectivity index (χ2v) is 5.97. The maximum absolute atomic E-state index is 12.0. The number of amides is 1. The van der Waals surface area contributed by atoms with Gasteiger partial charge in [-0.05, 0) is 18.2 Å². The van der Waals surface area contributed by atoms with Crippen molar-refractivity contribution in [3.8, 4) is 0 Å². The van der Waals surface area contributed by atoms with Gasteiger partial charge in [-0.25, -0.2) is 17.9 Å². The molecule has 0 fully saturated rings. The number of carbonyl (C=O) groups excluding carboxylic acids is 1. The maximum atomic E-state index is 12.0. The summed E-state index contributed by atoms with van der Waals surface area (Å²) in [6.45, 7) is 1.39. The Balaban J connectivity index is 2.89. The molecule has 0 bridgehead atoms. The van der Waals surface area contributed by atoms with E-state index in [1.54, 1.807) is 0 Å². The molecule has 0 spiro atoms. The second kappa shape index (κ2) is 6.69. The van der Waals surface area contributed by atoms with Gasteiger partial charge in [0.15, 0.2) is 0 Å². The van der Waals surface area contributed by atoms with Gasteiger partial charge in [-0.1, -0.05) is 11.6 Å². The van der Waals surface area contributed by atoms with Gasteiger partial charge in [0, 0.05) is 20.0 Å². The smallest absolute Gasteiger partial charge is 0.335 e. The van der Waals surface area contributed by atoms with E-state index in [-0.39, 0.29) is 34.5 Å². The average Bonchev–Trinajstić information content (AvgIpc) is 2.34. The lowest BCUT2D eigenvalue weighted by atomic mass is 10.2. The molecule has 0 radical (unpaired) electrons. The molecule has 7 nitrogen and oxygen atoms in total. The lowest BCUT2D eigenvalue weighted by Gasteiger charge is -2.09. The number of hydrogen-bond donors (Lipinski definition) is 3. The fraction of sp³-hybridized carbons (Fsp3) is 0.273. The summed E-state index contributed by atoms with van der Waals surface area (Å²) in [6, 6.07) is 3.39. The van der Waals surface area contributed by atoms with Gasteiger partial charge in [-0.15, -0.1) is 0 Å². The first kappa shape index (κ1) is 16.4. The molecule has 9 heteroatoms. The Morgan fingerprint density at radius 1 is 1.30 bits per heavy atom. The minimum Gasteiger partial charge on any atom is -0.478 e. The van der Waals surface area contributed by atoms with Crippen LogP contribution >= 0.6 is 11.6 Å². The molecular formula is C11H13ClN2O5S. The monoisotopic (exact) mass is 320 g/mol. The van der Waals surface area contributed by atoms with Crippen molar-refractivity contribution in [1.29, 1.82) is 0 Å². The van der Waals surface area contributed by atoms with Crippen molar-refractivity contribution in [2.45, 2.75) is 11.8 Å². The molecule has 3 N–H and O–H groups in total. The molecule has 0 aliphatic carbocycles. The Morgan fingerprint density at radius 3 is 2.50 bits per heavy atom. The Labute approximate surface area is 121 Å². The number of carboxylic acids is 1. The van der Waals surface area contributed by atoms with E-state index >= 15 is 0 Å². The number of benzene rings is 1. The number of hydrogen-bond acceptors (Lipinski definition) is 4. The SMILES string of the molecule is CC(=O)NCCNS(=O)(=O)c1cc(C(=O)O)ccc1Cl. The van der Waals surface area contributed by atoms with Crippen LogP contribution in [0.1, 0.15) is 17.3 Å². The molecule has 0 saturated heterocycles. The van der Waals surface area contributed by atoms with E-state index in [4.69, 9.17) is 16.7 Å². The van der Waals surface area contributed by atoms with Crippen LogP contribution in [-0.4, -0.2) is 38.5 Å². The van der Waals surface area contributed by atoms with Gasteiger partial charge in [-0.3, -0.25) is 4.79 Å². The van der Waals surface area contributed by atoms with Crippen LogP contribution in [0.5, 0.6) is 0 Å². The standard InChI is InChI=1S/C11H13ClN2O5S/c1-7(15)13-4-5-14-20(18,19)10-6-8(11(16)17)2-3-9(10)12/h2-3,6,14H,4-5H2,1H3,(H,13,15)(H,16,17). The third-order valence-corrected chi connectivity index (χ3v) is 4.20. The Hall–Kier alpha value is -1.64. The minimum atomic E-state index is -3.94. The summed E-state index contributed by atoms with van der Waals surface area (Å²) in [4.78, 5) is 21.1. The molecule has 0 heterocycles. The molecule has 0 saturated carbocycles. The Kier molecular flexibility index (Phi) is 5.49. The van der Waals surface area contributed by atoms with E-state index in [0.29, 0.717) is 0 Å². The van der Waals surface area contributed by atoms with Gasteiger partial charge in [0.05, 0.1) is 10.6 Å². The molecule has 0 aliphatic rings. The number of carboxylic acid groups (broad SMARTS) is 1. The summed E-state index contributed by atoms with van der Waals surface area (Å²) in [5, 5.41) is 11.2. The van der Waals surface area contributed by atoms with Gasteiger partial charge in [-0.2, -0.15) is 0 Å². The molecule has 0 aliphatic heterocycles. The van der Waals surface area contributed by atoms with Crippen molar-refractivity contribution >= 4 is 33.5 Å². The highest BCUT2D eigenvalue weighted by molar-refractivity contribution is 7.89. The van der Waals surface area contributed by atoms with Gasteiger partial charge in [0.25, 0.3) is 0 Å². The zero-order valence-corrected chi connectivity index (χ0v) is 12.1. The molecule has 20 heavy (non-hydrogen) atoms. The molecule has 0 atom stereocenters. The number of halogens is 1.